The van der Waals surface area contributed by atoms with Gasteiger partial charge in [0.2, 0.25) is 11.8 Å². The SMILES string of the molecule is Cc1cc(NC(=O)CN(C)[C@@H]2CCN(c3ccccc3F)C2=O)no1. The van der Waals surface area contributed by atoms with Gasteiger partial charge in [-0.15, -0.1) is 0 Å². The monoisotopic (exact) mass is 346 g/mol. The van der Waals surface area contributed by atoms with Crippen LogP contribution in [0.3, 0.4) is 0 Å². The second-order valence-corrected chi connectivity index (χ2v) is 6.03. The highest BCUT2D eigenvalue weighted by molar-refractivity contribution is 6.00. The van der Waals surface area contributed by atoms with E-state index >= 15 is 0 Å². The maximum Gasteiger partial charge on any atom is 0.244 e. The average molecular weight is 346 g/mol. The molecular formula is C17H19FN4O3. The molecule has 0 saturated carbocycles. The van der Waals surface area contributed by atoms with Crippen LogP contribution < -0.4 is 10.2 Å². The van der Waals surface area contributed by atoms with Crippen molar-refractivity contribution in [2.45, 2.75) is 19.4 Å². The number of carbonyl (C=O) groups excluding carboxylic acids is 2. The molecule has 1 N–H and O–H groups in total. The lowest BCUT2D eigenvalue weighted by Gasteiger charge is -2.23. The lowest BCUT2D eigenvalue weighted by atomic mass is 10.2. The van der Waals surface area contributed by atoms with Crippen molar-refractivity contribution < 1.29 is 18.5 Å². The smallest absolute Gasteiger partial charge is 0.244 e. The molecule has 2 amide bonds. The van der Waals surface area contributed by atoms with Crippen molar-refractivity contribution in [3.05, 3.63) is 41.9 Å². The lowest BCUT2D eigenvalue weighted by Crippen LogP contribution is -2.43. The molecule has 2 heterocycles. The van der Waals surface area contributed by atoms with Crippen LogP contribution in [0.5, 0.6) is 0 Å². The summed E-state index contributed by atoms with van der Waals surface area (Å²) in [5.74, 6) is -0.0132. The number of halogens is 1. The quantitative estimate of drug-likeness (QED) is 0.893. The number of anilines is 2. The molecule has 1 aliphatic heterocycles. The molecule has 0 bridgehead atoms. The fraction of sp³-hybridized carbons (Fsp3) is 0.353. The van der Waals surface area contributed by atoms with E-state index < -0.39 is 11.9 Å². The summed E-state index contributed by atoms with van der Waals surface area (Å²) in [4.78, 5) is 27.8. The summed E-state index contributed by atoms with van der Waals surface area (Å²) in [6, 6.07) is 7.32. The maximum atomic E-state index is 13.9. The summed E-state index contributed by atoms with van der Waals surface area (Å²) in [5, 5.41) is 6.31. The molecule has 8 heteroatoms. The van der Waals surface area contributed by atoms with Crippen LogP contribution in [0.25, 0.3) is 0 Å². The third-order valence-electron chi connectivity index (χ3n) is 4.14. The minimum absolute atomic E-state index is 0.0213. The van der Waals surface area contributed by atoms with Gasteiger partial charge < -0.3 is 14.7 Å². The molecule has 1 aromatic carbocycles. The Morgan fingerprint density at radius 1 is 1.48 bits per heavy atom. The van der Waals surface area contributed by atoms with Crippen LogP contribution in [-0.2, 0) is 9.59 Å². The number of aromatic nitrogens is 1. The molecule has 0 unspecified atom stereocenters. The summed E-state index contributed by atoms with van der Waals surface area (Å²) in [6.45, 7) is 2.16. The predicted molar refractivity (Wildman–Crippen MR) is 89.7 cm³/mol. The van der Waals surface area contributed by atoms with E-state index in [2.05, 4.69) is 10.5 Å². The number of para-hydroxylation sites is 1. The zero-order valence-corrected chi connectivity index (χ0v) is 14.0. The summed E-state index contributed by atoms with van der Waals surface area (Å²) in [5.41, 5.74) is 0.269. The van der Waals surface area contributed by atoms with Crippen molar-refractivity contribution in [3.8, 4) is 0 Å². The molecule has 0 aliphatic carbocycles. The van der Waals surface area contributed by atoms with Crippen molar-refractivity contribution in [2.24, 2.45) is 0 Å². The van der Waals surface area contributed by atoms with Crippen LogP contribution in [0, 0.1) is 12.7 Å². The van der Waals surface area contributed by atoms with E-state index in [1.165, 1.54) is 11.0 Å². The Morgan fingerprint density at radius 3 is 2.92 bits per heavy atom. The summed E-state index contributed by atoms with van der Waals surface area (Å²) in [6.07, 6.45) is 0.528. The Morgan fingerprint density at radius 2 is 2.24 bits per heavy atom. The highest BCUT2D eigenvalue weighted by Crippen LogP contribution is 2.26. The molecule has 0 spiro atoms. The predicted octanol–water partition coefficient (Wildman–Crippen LogP) is 1.80. The van der Waals surface area contributed by atoms with E-state index in [0.717, 1.165) is 0 Å². The second-order valence-electron chi connectivity index (χ2n) is 6.03. The number of amides is 2. The molecule has 132 valence electrons. The normalized spacial score (nSPS) is 17.4. The number of likely N-dealkylation sites (N-methyl/N-ethyl adjacent to an activating group) is 1. The molecule has 1 atom stereocenters. The molecule has 1 aliphatic rings. The van der Waals surface area contributed by atoms with Crippen molar-refractivity contribution in [1.82, 2.24) is 10.1 Å². The van der Waals surface area contributed by atoms with E-state index in [9.17, 15) is 14.0 Å². The van der Waals surface area contributed by atoms with Crippen LogP contribution in [0.4, 0.5) is 15.9 Å². The Balaban J connectivity index is 1.61. The number of aryl methyl sites for hydroxylation is 1. The third kappa shape index (κ3) is 3.69. The van der Waals surface area contributed by atoms with E-state index in [-0.39, 0.29) is 24.0 Å². The van der Waals surface area contributed by atoms with E-state index in [1.54, 1.807) is 43.1 Å². The van der Waals surface area contributed by atoms with Gasteiger partial charge in [0, 0.05) is 12.6 Å². The largest absolute Gasteiger partial charge is 0.360 e. The van der Waals surface area contributed by atoms with Crippen LogP contribution in [0.15, 0.2) is 34.9 Å². The Hall–Kier alpha value is -2.74. The van der Waals surface area contributed by atoms with Crippen molar-refractivity contribution >= 4 is 23.3 Å². The summed E-state index contributed by atoms with van der Waals surface area (Å²) >= 11 is 0. The Kier molecular flexibility index (Phi) is 4.80. The van der Waals surface area contributed by atoms with Crippen LogP contribution in [0.2, 0.25) is 0 Å². The molecular weight excluding hydrogens is 327 g/mol. The van der Waals surface area contributed by atoms with Crippen LogP contribution >= 0.6 is 0 Å². The number of nitrogens with one attached hydrogen (secondary N) is 1. The second kappa shape index (κ2) is 7.02. The zero-order chi connectivity index (χ0) is 18.0. The Labute approximate surface area is 144 Å². The van der Waals surface area contributed by atoms with E-state index in [4.69, 9.17) is 4.52 Å². The van der Waals surface area contributed by atoms with Crippen molar-refractivity contribution in [3.63, 3.8) is 0 Å². The van der Waals surface area contributed by atoms with Gasteiger partial charge in [-0.1, -0.05) is 17.3 Å². The van der Waals surface area contributed by atoms with Gasteiger partial charge in [-0.05, 0) is 32.5 Å². The molecule has 7 nitrogen and oxygen atoms in total. The molecule has 25 heavy (non-hydrogen) atoms. The van der Waals surface area contributed by atoms with Gasteiger partial charge in [-0.25, -0.2) is 4.39 Å². The standard InChI is InChI=1S/C17H19FN4O3/c1-11-9-15(20-25-11)19-16(23)10-21(2)14-7-8-22(17(14)24)13-6-4-3-5-12(13)18/h3-6,9,14H,7-8,10H2,1-2H3,(H,19,20,23)/t14-/m1/s1. The molecule has 1 aromatic heterocycles. The number of rotatable bonds is 5. The average Bonchev–Trinajstić information content (AvgIpc) is 3.13. The van der Waals surface area contributed by atoms with Gasteiger partial charge in [0.25, 0.3) is 0 Å². The first-order valence-electron chi connectivity index (χ1n) is 7.95. The van der Waals surface area contributed by atoms with Gasteiger partial charge in [0.05, 0.1) is 18.3 Å². The van der Waals surface area contributed by atoms with Gasteiger partial charge in [-0.3, -0.25) is 14.5 Å². The van der Waals surface area contributed by atoms with Crippen molar-refractivity contribution in [2.75, 3.05) is 30.4 Å². The number of hydrogen-bond donors (Lipinski definition) is 1. The molecule has 1 saturated heterocycles. The number of carbonyl (C=O) groups is 2. The first-order chi connectivity index (χ1) is 12.0. The van der Waals surface area contributed by atoms with Crippen molar-refractivity contribution in [1.29, 1.82) is 0 Å². The molecule has 3 rings (SSSR count). The third-order valence-corrected chi connectivity index (χ3v) is 4.14. The Bertz CT molecular complexity index is 792. The van der Waals surface area contributed by atoms with Crippen LogP contribution in [0.1, 0.15) is 12.2 Å². The van der Waals surface area contributed by atoms with Gasteiger partial charge in [0.15, 0.2) is 5.82 Å². The first kappa shape index (κ1) is 17.1. The van der Waals surface area contributed by atoms with Gasteiger partial charge in [-0.2, -0.15) is 0 Å². The summed E-state index contributed by atoms with van der Waals surface area (Å²) < 4.78 is 18.8. The molecule has 1 fully saturated rings. The van der Waals surface area contributed by atoms with E-state index in [0.29, 0.717) is 24.5 Å². The first-order valence-corrected chi connectivity index (χ1v) is 7.95. The topological polar surface area (TPSA) is 78.7 Å². The van der Waals surface area contributed by atoms with Crippen LogP contribution in [-0.4, -0.2) is 48.0 Å². The minimum atomic E-state index is -0.468. The fourth-order valence-electron chi connectivity index (χ4n) is 2.93. The molecule has 0 radical (unpaired) electrons. The fourth-order valence-corrected chi connectivity index (χ4v) is 2.93. The van der Waals surface area contributed by atoms with E-state index in [1.807, 2.05) is 0 Å². The number of nitrogens with zero attached hydrogens (tertiary/aromatic N) is 3. The minimum Gasteiger partial charge on any atom is -0.360 e. The van der Waals surface area contributed by atoms with Gasteiger partial charge >= 0.3 is 0 Å². The summed E-state index contributed by atoms with van der Waals surface area (Å²) in [7, 11) is 1.70. The lowest BCUT2D eigenvalue weighted by molar-refractivity contribution is -0.123. The van der Waals surface area contributed by atoms with Gasteiger partial charge in [0.1, 0.15) is 11.6 Å². The number of benzene rings is 1. The number of hydrogen-bond acceptors (Lipinski definition) is 5. The zero-order valence-electron chi connectivity index (χ0n) is 14.0. The maximum absolute atomic E-state index is 13.9. The highest BCUT2D eigenvalue weighted by atomic mass is 19.1. The molecule has 2 aromatic rings. The highest BCUT2D eigenvalue weighted by Gasteiger charge is 2.36.